The van der Waals surface area contributed by atoms with Crippen molar-refractivity contribution in [3.63, 3.8) is 0 Å². The fraction of sp³-hybridized carbons (Fsp3) is 0.294. The van der Waals surface area contributed by atoms with E-state index < -0.39 is 25.7 Å². The van der Waals surface area contributed by atoms with Crippen molar-refractivity contribution in [3.05, 3.63) is 53.8 Å². The lowest BCUT2D eigenvalue weighted by Crippen LogP contribution is -2.36. The van der Waals surface area contributed by atoms with Crippen LogP contribution in [0.4, 0.5) is 4.39 Å². The number of halogens is 1. The molecule has 0 bridgehead atoms. The van der Waals surface area contributed by atoms with Gasteiger partial charge in [0.1, 0.15) is 17.7 Å². The minimum absolute atomic E-state index is 0.00132. The molecule has 3 rings (SSSR count). The summed E-state index contributed by atoms with van der Waals surface area (Å²) in [5.74, 6) is -0.235. The first-order chi connectivity index (χ1) is 12.1. The van der Waals surface area contributed by atoms with Crippen LogP contribution >= 0.6 is 0 Å². The summed E-state index contributed by atoms with van der Waals surface area (Å²) in [5.41, 5.74) is 0.846. The zero-order chi connectivity index (χ0) is 18.9. The first kappa shape index (κ1) is 18.8. The molecule has 0 amide bonds. The Hall–Kier alpha value is -1.97. The Morgan fingerprint density at radius 2 is 1.85 bits per heavy atom. The largest absolute Gasteiger partial charge is 0.489 e. The molecule has 140 valence electrons. The maximum Gasteiger partial charge on any atom is 0.208 e. The second-order valence-corrected chi connectivity index (χ2v) is 9.91. The molecule has 6 nitrogen and oxygen atoms in total. The second-order valence-electron chi connectivity index (χ2n) is 6.13. The maximum atomic E-state index is 13.4. The van der Waals surface area contributed by atoms with Gasteiger partial charge in [-0.15, -0.1) is 0 Å². The average molecular weight is 399 g/mol. The number of rotatable bonds is 5. The molecule has 2 aromatic carbocycles. The molecule has 0 unspecified atom stereocenters. The van der Waals surface area contributed by atoms with E-state index in [-0.39, 0.29) is 22.4 Å². The van der Waals surface area contributed by atoms with E-state index in [1.165, 1.54) is 30.3 Å². The highest BCUT2D eigenvalue weighted by molar-refractivity contribution is 7.91. The van der Waals surface area contributed by atoms with Crippen molar-refractivity contribution in [2.24, 2.45) is 0 Å². The highest BCUT2D eigenvalue weighted by atomic mass is 32.2. The van der Waals surface area contributed by atoms with Crippen molar-refractivity contribution in [1.29, 1.82) is 0 Å². The number of hydrogen-bond donors (Lipinski definition) is 1. The number of sulfonamides is 1. The van der Waals surface area contributed by atoms with Crippen molar-refractivity contribution in [1.82, 2.24) is 4.72 Å². The molecule has 0 aliphatic carbocycles. The summed E-state index contributed by atoms with van der Waals surface area (Å²) in [5, 5.41) is 0. The van der Waals surface area contributed by atoms with E-state index in [2.05, 4.69) is 4.72 Å². The minimum Gasteiger partial charge on any atom is -0.489 e. The van der Waals surface area contributed by atoms with E-state index in [0.29, 0.717) is 18.6 Å². The smallest absolute Gasteiger partial charge is 0.208 e. The number of sulfone groups is 1. The summed E-state index contributed by atoms with van der Waals surface area (Å²) in [4.78, 5) is -0.137. The molecular weight excluding hydrogens is 381 g/mol. The van der Waals surface area contributed by atoms with Crippen LogP contribution in [0.3, 0.4) is 0 Å². The van der Waals surface area contributed by atoms with Crippen LogP contribution in [0.2, 0.25) is 0 Å². The Bertz CT molecular complexity index is 1030. The number of hydrogen-bond acceptors (Lipinski definition) is 5. The summed E-state index contributed by atoms with van der Waals surface area (Å²) in [7, 11) is -7.21. The number of nitrogens with one attached hydrogen (secondary N) is 1. The van der Waals surface area contributed by atoms with Gasteiger partial charge in [-0.2, -0.15) is 0 Å². The minimum atomic E-state index is -3.88. The maximum absolute atomic E-state index is 13.4. The summed E-state index contributed by atoms with van der Waals surface area (Å²) < 4.78 is 69.3. The lowest BCUT2D eigenvalue weighted by atomic mass is 10.0. The Morgan fingerprint density at radius 1 is 1.12 bits per heavy atom. The van der Waals surface area contributed by atoms with E-state index in [9.17, 15) is 21.2 Å². The van der Waals surface area contributed by atoms with Crippen molar-refractivity contribution >= 4 is 19.9 Å². The van der Waals surface area contributed by atoms with Gasteiger partial charge >= 0.3 is 0 Å². The summed E-state index contributed by atoms with van der Waals surface area (Å²) in [6, 6.07) is 9.35. The molecule has 1 heterocycles. The van der Waals surface area contributed by atoms with Crippen LogP contribution in [0.1, 0.15) is 12.0 Å². The van der Waals surface area contributed by atoms with Crippen molar-refractivity contribution < 1.29 is 26.0 Å². The second kappa shape index (κ2) is 6.98. The molecule has 0 fully saturated rings. The van der Waals surface area contributed by atoms with Crippen LogP contribution in [0, 0.1) is 5.82 Å². The van der Waals surface area contributed by atoms with Crippen LogP contribution in [0.25, 0.3) is 0 Å². The van der Waals surface area contributed by atoms with E-state index in [1.807, 2.05) is 0 Å². The third kappa shape index (κ3) is 4.22. The lowest BCUT2D eigenvalue weighted by Gasteiger charge is -2.26. The van der Waals surface area contributed by atoms with Crippen LogP contribution in [0.15, 0.2) is 52.3 Å². The fourth-order valence-electron chi connectivity index (χ4n) is 2.73. The zero-order valence-corrected chi connectivity index (χ0v) is 15.6. The molecule has 2 aromatic rings. The van der Waals surface area contributed by atoms with Gasteiger partial charge < -0.3 is 4.74 Å². The highest BCUT2D eigenvalue weighted by Gasteiger charge is 2.24. The van der Waals surface area contributed by atoms with Gasteiger partial charge in [-0.3, -0.25) is 0 Å². The average Bonchev–Trinajstić information content (AvgIpc) is 2.58. The molecule has 0 radical (unpaired) electrons. The third-order valence-corrected chi connectivity index (χ3v) is 6.50. The quantitative estimate of drug-likeness (QED) is 0.830. The number of fused-ring (bicyclic) bond motifs is 1. The molecule has 1 aliphatic rings. The molecule has 1 N–H and O–H groups in total. The van der Waals surface area contributed by atoms with Crippen LogP contribution in [-0.4, -0.2) is 35.7 Å². The van der Waals surface area contributed by atoms with Crippen molar-refractivity contribution in [2.45, 2.75) is 28.7 Å². The van der Waals surface area contributed by atoms with Gasteiger partial charge in [-0.05, 0) is 48.7 Å². The van der Waals surface area contributed by atoms with Gasteiger partial charge in [-0.1, -0.05) is 12.1 Å². The number of benzene rings is 2. The zero-order valence-electron chi connectivity index (χ0n) is 14.0. The van der Waals surface area contributed by atoms with Crippen LogP contribution in [0.5, 0.6) is 5.75 Å². The van der Waals surface area contributed by atoms with Gasteiger partial charge in [0.2, 0.25) is 19.9 Å². The van der Waals surface area contributed by atoms with E-state index in [4.69, 9.17) is 4.74 Å². The molecule has 0 aromatic heterocycles. The first-order valence-corrected chi connectivity index (χ1v) is 11.3. The standard InChI is InChI=1S/C17H18FNO5S2/c1-25(20,21)19-11-14-7-5-12-6-8-16(10-17(12)24-14)26(22,23)15-4-2-3-13(18)9-15/h2-4,6,8-10,14,19H,5,7,11H2,1H3/t14-/m1/s1. The molecule has 1 aliphatic heterocycles. The Morgan fingerprint density at radius 3 is 2.54 bits per heavy atom. The third-order valence-electron chi connectivity index (χ3n) is 4.06. The summed E-state index contributed by atoms with van der Waals surface area (Å²) in [6.07, 6.45) is 1.94. The van der Waals surface area contributed by atoms with Gasteiger partial charge in [0.25, 0.3) is 0 Å². The number of aryl methyl sites for hydroxylation is 1. The molecule has 26 heavy (non-hydrogen) atoms. The Balaban J connectivity index is 1.87. The SMILES string of the molecule is CS(=O)(=O)NC[C@H]1CCc2ccc(S(=O)(=O)c3cccc(F)c3)cc2O1. The van der Waals surface area contributed by atoms with E-state index in [0.717, 1.165) is 17.9 Å². The Labute approximate surface area is 152 Å². The van der Waals surface area contributed by atoms with Crippen LogP contribution < -0.4 is 9.46 Å². The van der Waals surface area contributed by atoms with Gasteiger partial charge in [0, 0.05) is 6.54 Å². The molecular formula is C17H18FNO5S2. The number of ether oxygens (including phenoxy) is 1. The lowest BCUT2D eigenvalue weighted by molar-refractivity contribution is 0.176. The fourth-order valence-corrected chi connectivity index (χ4v) is 4.53. The predicted molar refractivity (Wildman–Crippen MR) is 93.9 cm³/mol. The topological polar surface area (TPSA) is 89.5 Å². The van der Waals surface area contributed by atoms with Crippen molar-refractivity contribution in [3.8, 4) is 5.75 Å². The molecule has 9 heteroatoms. The van der Waals surface area contributed by atoms with Gasteiger partial charge in [-0.25, -0.2) is 25.9 Å². The Kier molecular flexibility index (Phi) is 5.05. The summed E-state index contributed by atoms with van der Waals surface area (Å²) in [6.45, 7) is 0.110. The van der Waals surface area contributed by atoms with E-state index in [1.54, 1.807) is 6.07 Å². The first-order valence-electron chi connectivity index (χ1n) is 7.90. The van der Waals surface area contributed by atoms with Gasteiger partial charge in [0.15, 0.2) is 0 Å². The molecule has 1 atom stereocenters. The van der Waals surface area contributed by atoms with Crippen LogP contribution in [-0.2, 0) is 26.3 Å². The summed E-state index contributed by atoms with van der Waals surface area (Å²) >= 11 is 0. The normalized spacial score (nSPS) is 17.4. The highest BCUT2D eigenvalue weighted by Crippen LogP contribution is 2.32. The predicted octanol–water partition coefficient (Wildman–Crippen LogP) is 1.90. The van der Waals surface area contributed by atoms with Gasteiger partial charge in [0.05, 0.1) is 16.0 Å². The molecule has 0 saturated heterocycles. The molecule has 0 spiro atoms. The molecule has 0 saturated carbocycles. The van der Waals surface area contributed by atoms with E-state index >= 15 is 0 Å². The van der Waals surface area contributed by atoms with Crippen molar-refractivity contribution in [2.75, 3.05) is 12.8 Å². The monoisotopic (exact) mass is 399 g/mol.